The van der Waals surface area contributed by atoms with E-state index >= 15 is 0 Å². The number of carbonyl (C=O) groups is 1. The molecular weight excluding hydrogens is 312 g/mol. The second-order valence-corrected chi connectivity index (χ2v) is 5.89. The van der Waals surface area contributed by atoms with E-state index < -0.39 is 5.91 Å². The fraction of sp³-hybridized carbons (Fsp3) is 0.238. The molecule has 0 saturated carbocycles. The van der Waals surface area contributed by atoms with Crippen molar-refractivity contribution in [3.63, 3.8) is 0 Å². The Morgan fingerprint density at radius 3 is 2.52 bits per heavy atom. The van der Waals surface area contributed by atoms with Crippen LogP contribution >= 0.6 is 0 Å². The molecular formula is C21H22N2O2. The Morgan fingerprint density at radius 2 is 1.88 bits per heavy atom. The standard InChI is InChI=1S/C21H22N2O2/c1-4-9-25-20-8-6-5-7-17(20)13-18(14-22)21(24)23-19-11-15(2)10-16(3)12-19/h5-8,10-13H,4,9H2,1-3H3,(H,23,24)/b18-13+. The number of benzene rings is 2. The van der Waals surface area contributed by atoms with Crippen molar-refractivity contribution in [2.24, 2.45) is 0 Å². The average Bonchev–Trinajstić information content (AvgIpc) is 2.57. The van der Waals surface area contributed by atoms with Crippen LogP contribution in [0.3, 0.4) is 0 Å². The molecule has 0 unspecified atom stereocenters. The second kappa shape index (κ2) is 8.70. The maximum atomic E-state index is 12.5. The molecule has 2 rings (SSSR count). The van der Waals surface area contributed by atoms with Crippen LogP contribution in [0.4, 0.5) is 5.69 Å². The summed E-state index contributed by atoms with van der Waals surface area (Å²) in [4.78, 5) is 12.5. The van der Waals surface area contributed by atoms with Crippen LogP contribution in [0.15, 0.2) is 48.0 Å². The minimum atomic E-state index is -0.433. The number of anilines is 1. The number of hydrogen-bond acceptors (Lipinski definition) is 3. The van der Waals surface area contributed by atoms with Crippen molar-refractivity contribution in [2.75, 3.05) is 11.9 Å². The van der Waals surface area contributed by atoms with Crippen LogP contribution in [-0.4, -0.2) is 12.5 Å². The van der Waals surface area contributed by atoms with E-state index in [2.05, 4.69) is 5.32 Å². The van der Waals surface area contributed by atoms with E-state index in [-0.39, 0.29) is 5.57 Å². The summed E-state index contributed by atoms with van der Waals surface area (Å²) in [6.45, 7) is 6.54. The maximum absolute atomic E-state index is 12.5. The first kappa shape index (κ1) is 18.3. The number of ether oxygens (including phenoxy) is 1. The Labute approximate surface area is 148 Å². The van der Waals surface area contributed by atoms with Crippen LogP contribution in [0.5, 0.6) is 5.75 Å². The average molecular weight is 334 g/mol. The van der Waals surface area contributed by atoms with Crippen LogP contribution in [-0.2, 0) is 4.79 Å². The van der Waals surface area contributed by atoms with Gasteiger partial charge in [0.05, 0.1) is 6.61 Å². The summed E-state index contributed by atoms with van der Waals surface area (Å²) in [6, 6.07) is 15.1. The first-order chi connectivity index (χ1) is 12.0. The number of hydrogen-bond donors (Lipinski definition) is 1. The molecule has 1 N–H and O–H groups in total. The quantitative estimate of drug-likeness (QED) is 0.618. The predicted octanol–water partition coefficient (Wildman–Crippen LogP) is 4.64. The highest BCUT2D eigenvalue weighted by molar-refractivity contribution is 6.09. The molecule has 0 bridgehead atoms. The highest BCUT2D eigenvalue weighted by Crippen LogP contribution is 2.22. The summed E-state index contributed by atoms with van der Waals surface area (Å²) >= 11 is 0. The first-order valence-corrected chi connectivity index (χ1v) is 8.26. The van der Waals surface area contributed by atoms with Gasteiger partial charge in [0.1, 0.15) is 17.4 Å². The lowest BCUT2D eigenvalue weighted by Gasteiger charge is -2.09. The molecule has 25 heavy (non-hydrogen) atoms. The summed E-state index contributed by atoms with van der Waals surface area (Å²) in [5.41, 5.74) is 3.53. The van der Waals surface area contributed by atoms with Gasteiger partial charge in [-0.2, -0.15) is 5.26 Å². The third kappa shape index (κ3) is 5.22. The van der Waals surface area contributed by atoms with E-state index in [1.54, 1.807) is 6.08 Å². The Balaban J connectivity index is 2.25. The SMILES string of the molecule is CCCOc1ccccc1/C=C(\C#N)C(=O)Nc1cc(C)cc(C)c1. The normalized spacial score (nSPS) is 10.9. The highest BCUT2D eigenvalue weighted by atomic mass is 16.5. The minimum Gasteiger partial charge on any atom is -0.493 e. The molecule has 0 aromatic heterocycles. The second-order valence-electron chi connectivity index (χ2n) is 5.89. The predicted molar refractivity (Wildman–Crippen MR) is 100 cm³/mol. The summed E-state index contributed by atoms with van der Waals surface area (Å²) in [7, 11) is 0. The zero-order valence-electron chi connectivity index (χ0n) is 14.8. The first-order valence-electron chi connectivity index (χ1n) is 8.26. The third-order valence-electron chi connectivity index (χ3n) is 3.53. The van der Waals surface area contributed by atoms with Crippen molar-refractivity contribution in [3.8, 4) is 11.8 Å². The number of rotatable bonds is 6. The molecule has 0 spiro atoms. The van der Waals surface area contributed by atoms with Crippen LogP contribution in [0, 0.1) is 25.2 Å². The lowest BCUT2D eigenvalue weighted by molar-refractivity contribution is -0.112. The van der Waals surface area contributed by atoms with Gasteiger partial charge in [0.15, 0.2) is 0 Å². The zero-order valence-corrected chi connectivity index (χ0v) is 14.8. The molecule has 0 aliphatic carbocycles. The van der Waals surface area contributed by atoms with Crippen LogP contribution in [0.2, 0.25) is 0 Å². The lowest BCUT2D eigenvalue weighted by Crippen LogP contribution is -2.13. The Hall–Kier alpha value is -3.06. The Bertz CT molecular complexity index is 812. The van der Waals surface area contributed by atoms with Crippen molar-refractivity contribution in [1.82, 2.24) is 0 Å². The number of nitrogens with zero attached hydrogens (tertiary/aromatic N) is 1. The largest absolute Gasteiger partial charge is 0.493 e. The van der Waals surface area contributed by atoms with Crippen molar-refractivity contribution < 1.29 is 9.53 Å². The number of nitrogens with one attached hydrogen (secondary N) is 1. The topological polar surface area (TPSA) is 62.1 Å². The summed E-state index contributed by atoms with van der Waals surface area (Å²) in [5, 5.41) is 12.2. The van der Waals surface area contributed by atoms with E-state index in [4.69, 9.17) is 4.74 Å². The summed E-state index contributed by atoms with van der Waals surface area (Å²) < 4.78 is 5.68. The van der Waals surface area contributed by atoms with Crippen LogP contribution in [0.1, 0.15) is 30.0 Å². The van der Waals surface area contributed by atoms with Gasteiger partial charge >= 0.3 is 0 Å². The van der Waals surface area contributed by atoms with Crippen molar-refractivity contribution in [2.45, 2.75) is 27.2 Å². The van der Waals surface area contributed by atoms with Gasteiger partial charge in [0.25, 0.3) is 5.91 Å². The smallest absolute Gasteiger partial charge is 0.266 e. The van der Waals surface area contributed by atoms with E-state index in [9.17, 15) is 10.1 Å². The molecule has 128 valence electrons. The number of amides is 1. The van der Waals surface area contributed by atoms with Gasteiger partial charge in [-0.15, -0.1) is 0 Å². The number of aryl methyl sites for hydroxylation is 2. The van der Waals surface area contributed by atoms with Crippen molar-refractivity contribution in [3.05, 3.63) is 64.7 Å². The zero-order chi connectivity index (χ0) is 18.2. The Kier molecular flexibility index (Phi) is 6.36. The fourth-order valence-corrected chi connectivity index (χ4v) is 2.49. The molecule has 0 atom stereocenters. The maximum Gasteiger partial charge on any atom is 0.266 e. The molecule has 2 aromatic carbocycles. The molecule has 4 heteroatoms. The van der Waals surface area contributed by atoms with E-state index in [1.165, 1.54) is 0 Å². The van der Waals surface area contributed by atoms with Gasteiger partial charge in [-0.25, -0.2) is 0 Å². The molecule has 2 aromatic rings. The number of nitriles is 1. The number of para-hydroxylation sites is 1. The van der Waals surface area contributed by atoms with Gasteiger partial charge in [-0.1, -0.05) is 31.2 Å². The molecule has 0 radical (unpaired) electrons. The lowest BCUT2D eigenvalue weighted by atomic mass is 10.1. The Morgan fingerprint density at radius 1 is 1.20 bits per heavy atom. The van der Waals surface area contributed by atoms with E-state index in [0.717, 1.165) is 17.5 Å². The van der Waals surface area contributed by atoms with E-state index in [1.807, 2.05) is 69.3 Å². The van der Waals surface area contributed by atoms with Crippen molar-refractivity contribution >= 4 is 17.7 Å². The van der Waals surface area contributed by atoms with Crippen LogP contribution < -0.4 is 10.1 Å². The van der Waals surface area contributed by atoms with Gasteiger partial charge in [0, 0.05) is 11.3 Å². The fourth-order valence-electron chi connectivity index (χ4n) is 2.49. The molecule has 0 heterocycles. The molecule has 1 amide bonds. The van der Waals surface area contributed by atoms with Crippen LogP contribution in [0.25, 0.3) is 6.08 Å². The minimum absolute atomic E-state index is 0.0340. The van der Waals surface area contributed by atoms with Gasteiger partial charge < -0.3 is 10.1 Å². The highest BCUT2D eigenvalue weighted by Gasteiger charge is 2.11. The van der Waals surface area contributed by atoms with E-state index in [0.29, 0.717) is 23.6 Å². The molecule has 0 aliphatic rings. The van der Waals surface area contributed by atoms with Gasteiger partial charge in [0.2, 0.25) is 0 Å². The summed E-state index contributed by atoms with van der Waals surface area (Å²) in [6.07, 6.45) is 2.44. The summed E-state index contributed by atoms with van der Waals surface area (Å²) in [5.74, 6) is 0.231. The molecule has 0 aliphatic heterocycles. The van der Waals surface area contributed by atoms with Gasteiger partial charge in [-0.3, -0.25) is 4.79 Å². The third-order valence-corrected chi connectivity index (χ3v) is 3.53. The molecule has 4 nitrogen and oxygen atoms in total. The molecule has 0 saturated heterocycles. The van der Waals surface area contributed by atoms with Crippen molar-refractivity contribution in [1.29, 1.82) is 5.26 Å². The van der Waals surface area contributed by atoms with Gasteiger partial charge in [-0.05, 0) is 55.7 Å². The monoisotopic (exact) mass is 334 g/mol. The number of carbonyl (C=O) groups excluding carboxylic acids is 1. The molecule has 0 fully saturated rings.